The van der Waals surface area contributed by atoms with E-state index in [0.29, 0.717) is 36.5 Å². The highest BCUT2D eigenvalue weighted by Crippen LogP contribution is 2.19. The third-order valence-corrected chi connectivity index (χ3v) is 4.87. The van der Waals surface area contributed by atoms with Crippen molar-refractivity contribution in [3.63, 3.8) is 0 Å². The molecule has 0 radical (unpaired) electrons. The molecule has 4 heterocycles. The van der Waals surface area contributed by atoms with Gasteiger partial charge in [0, 0.05) is 38.4 Å². The Morgan fingerprint density at radius 1 is 1.04 bits per heavy atom. The highest BCUT2D eigenvalue weighted by atomic mass is 16.1. The van der Waals surface area contributed by atoms with Crippen LogP contribution >= 0.6 is 0 Å². The molecule has 28 heavy (non-hydrogen) atoms. The minimum absolute atomic E-state index is 0.113. The molecule has 0 fully saturated rings. The second-order valence-electron chi connectivity index (χ2n) is 6.78. The van der Waals surface area contributed by atoms with Gasteiger partial charge in [0.1, 0.15) is 12.2 Å². The molecular formula is C20H17N7O. The quantitative estimate of drug-likeness (QED) is 0.585. The number of hydrogen-bond donors (Lipinski definition) is 1. The van der Waals surface area contributed by atoms with E-state index in [1.54, 1.807) is 18.6 Å². The summed E-state index contributed by atoms with van der Waals surface area (Å²) in [5, 5.41) is 0. The van der Waals surface area contributed by atoms with E-state index in [9.17, 15) is 4.79 Å². The molecule has 0 saturated carbocycles. The molecule has 138 valence electrons. The summed E-state index contributed by atoms with van der Waals surface area (Å²) < 4.78 is 0. The van der Waals surface area contributed by atoms with Crippen LogP contribution < -0.4 is 5.56 Å². The van der Waals surface area contributed by atoms with Crippen LogP contribution in [0.3, 0.4) is 0 Å². The molecule has 0 saturated heterocycles. The molecule has 1 N–H and O–H groups in total. The van der Waals surface area contributed by atoms with Crippen molar-refractivity contribution in [1.29, 1.82) is 0 Å². The summed E-state index contributed by atoms with van der Waals surface area (Å²) in [5.74, 6) is 0.512. The molecule has 1 aliphatic heterocycles. The summed E-state index contributed by atoms with van der Waals surface area (Å²) in [6.45, 7) is 1.99. The van der Waals surface area contributed by atoms with Crippen LogP contribution in [-0.4, -0.2) is 41.3 Å². The molecule has 0 unspecified atom stereocenters. The third-order valence-electron chi connectivity index (χ3n) is 4.87. The van der Waals surface area contributed by atoms with E-state index in [0.717, 1.165) is 29.0 Å². The van der Waals surface area contributed by atoms with Gasteiger partial charge in [0.25, 0.3) is 5.56 Å². The van der Waals surface area contributed by atoms with Crippen molar-refractivity contribution in [2.24, 2.45) is 0 Å². The summed E-state index contributed by atoms with van der Waals surface area (Å²) in [6, 6.07) is 7.82. The fourth-order valence-electron chi connectivity index (χ4n) is 3.47. The number of nitrogens with one attached hydrogen (secondary N) is 1. The van der Waals surface area contributed by atoms with Crippen molar-refractivity contribution in [3.05, 3.63) is 76.5 Å². The normalized spacial score (nSPS) is 14.1. The van der Waals surface area contributed by atoms with Gasteiger partial charge in [0.2, 0.25) is 0 Å². The Hall–Kier alpha value is -3.52. The Bertz CT molecular complexity index is 1210. The summed E-state index contributed by atoms with van der Waals surface area (Å²) >= 11 is 0. The van der Waals surface area contributed by atoms with Gasteiger partial charge in [-0.1, -0.05) is 12.1 Å². The standard InChI is InChI=1S/C20H17N7O/c28-20-15-11-27(10-14-9-23-17-3-1-2-4-18(17)24-14)6-5-16(15)25-19(26-20)13-7-21-12-22-8-13/h1-4,7-9,12H,5-6,10-11H2,(H,25,26,28). The van der Waals surface area contributed by atoms with E-state index >= 15 is 0 Å². The first-order valence-corrected chi connectivity index (χ1v) is 9.07. The lowest BCUT2D eigenvalue weighted by atomic mass is 10.1. The number of aromatic amines is 1. The van der Waals surface area contributed by atoms with Gasteiger partial charge in [-0.15, -0.1) is 0 Å². The minimum Gasteiger partial charge on any atom is -0.306 e. The van der Waals surface area contributed by atoms with Crippen molar-refractivity contribution in [2.75, 3.05) is 6.54 Å². The first-order chi connectivity index (χ1) is 13.8. The maximum Gasteiger partial charge on any atom is 0.255 e. The zero-order valence-corrected chi connectivity index (χ0v) is 15.0. The monoisotopic (exact) mass is 371 g/mol. The Morgan fingerprint density at radius 3 is 2.71 bits per heavy atom. The lowest BCUT2D eigenvalue weighted by Gasteiger charge is -2.27. The molecule has 0 aliphatic carbocycles. The number of hydrogen-bond acceptors (Lipinski definition) is 7. The summed E-state index contributed by atoms with van der Waals surface area (Å²) in [6.07, 6.45) is 7.25. The molecule has 0 amide bonds. The van der Waals surface area contributed by atoms with Crippen LogP contribution in [0.25, 0.3) is 22.4 Å². The Kier molecular flexibility index (Phi) is 4.10. The van der Waals surface area contributed by atoms with Gasteiger partial charge in [0.05, 0.1) is 39.7 Å². The van der Waals surface area contributed by atoms with Crippen LogP contribution in [0.4, 0.5) is 0 Å². The van der Waals surface area contributed by atoms with Crippen LogP contribution in [-0.2, 0) is 19.5 Å². The van der Waals surface area contributed by atoms with Gasteiger partial charge in [0.15, 0.2) is 0 Å². The zero-order valence-electron chi connectivity index (χ0n) is 15.0. The van der Waals surface area contributed by atoms with Crippen LogP contribution in [0, 0.1) is 0 Å². The van der Waals surface area contributed by atoms with E-state index in [2.05, 4.69) is 34.8 Å². The van der Waals surface area contributed by atoms with Crippen molar-refractivity contribution >= 4 is 11.0 Å². The smallest absolute Gasteiger partial charge is 0.255 e. The largest absolute Gasteiger partial charge is 0.306 e. The van der Waals surface area contributed by atoms with Crippen LogP contribution in [0.1, 0.15) is 17.0 Å². The first-order valence-electron chi connectivity index (χ1n) is 9.07. The third kappa shape index (κ3) is 3.14. The minimum atomic E-state index is -0.113. The molecule has 8 heteroatoms. The number of benzene rings is 1. The molecule has 0 bridgehead atoms. The molecule has 0 atom stereocenters. The average Bonchev–Trinajstić information content (AvgIpc) is 2.74. The van der Waals surface area contributed by atoms with E-state index in [-0.39, 0.29) is 5.56 Å². The average molecular weight is 371 g/mol. The molecule has 3 aromatic heterocycles. The molecule has 1 aromatic carbocycles. The number of aromatic nitrogens is 6. The Balaban J connectivity index is 1.39. The van der Waals surface area contributed by atoms with Gasteiger partial charge in [-0.05, 0) is 12.1 Å². The predicted molar refractivity (Wildman–Crippen MR) is 103 cm³/mol. The number of H-pyrrole nitrogens is 1. The summed E-state index contributed by atoms with van der Waals surface area (Å²) in [5.41, 5.74) is 4.79. The van der Waals surface area contributed by atoms with Crippen molar-refractivity contribution in [2.45, 2.75) is 19.5 Å². The van der Waals surface area contributed by atoms with Crippen molar-refractivity contribution in [1.82, 2.24) is 34.8 Å². The molecule has 0 spiro atoms. The van der Waals surface area contributed by atoms with Gasteiger partial charge < -0.3 is 4.98 Å². The lowest BCUT2D eigenvalue weighted by Crippen LogP contribution is -2.35. The van der Waals surface area contributed by atoms with Crippen LogP contribution in [0.5, 0.6) is 0 Å². The number of para-hydroxylation sites is 2. The molecule has 4 aromatic rings. The van der Waals surface area contributed by atoms with Gasteiger partial charge in [-0.3, -0.25) is 14.7 Å². The maximum absolute atomic E-state index is 12.6. The predicted octanol–water partition coefficient (Wildman–Crippen LogP) is 1.73. The van der Waals surface area contributed by atoms with Crippen molar-refractivity contribution < 1.29 is 0 Å². The van der Waals surface area contributed by atoms with Crippen LogP contribution in [0.15, 0.2) is 54.0 Å². The summed E-state index contributed by atoms with van der Waals surface area (Å²) in [7, 11) is 0. The Labute approximate surface area is 160 Å². The van der Waals surface area contributed by atoms with Crippen LogP contribution in [0.2, 0.25) is 0 Å². The first kappa shape index (κ1) is 16.6. The fourth-order valence-corrected chi connectivity index (χ4v) is 3.47. The van der Waals surface area contributed by atoms with E-state index in [1.807, 2.05) is 24.3 Å². The maximum atomic E-state index is 12.6. The summed E-state index contributed by atoms with van der Waals surface area (Å²) in [4.78, 5) is 39.5. The van der Waals surface area contributed by atoms with E-state index in [4.69, 9.17) is 0 Å². The fraction of sp³-hybridized carbons (Fsp3) is 0.200. The number of rotatable bonds is 3. The number of fused-ring (bicyclic) bond motifs is 2. The van der Waals surface area contributed by atoms with Crippen molar-refractivity contribution in [3.8, 4) is 11.4 Å². The second-order valence-corrected chi connectivity index (χ2v) is 6.78. The second kappa shape index (κ2) is 6.90. The highest BCUT2D eigenvalue weighted by molar-refractivity contribution is 5.73. The molecule has 1 aliphatic rings. The Morgan fingerprint density at radius 2 is 1.86 bits per heavy atom. The SMILES string of the molecule is O=c1[nH]c(-c2cncnc2)nc2c1CN(Cc1cnc3ccccc3n1)CC2. The van der Waals surface area contributed by atoms with Gasteiger partial charge in [-0.2, -0.15) is 0 Å². The molecular weight excluding hydrogens is 354 g/mol. The van der Waals surface area contributed by atoms with Gasteiger partial charge in [-0.25, -0.2) is 19.9 Å². The zero-order chi connectivity index (χ0) is 18.9. The topological polar surface area (TPSA) is 101 Å². The number of nitrogens with zero attached hydrogens (tertiary/aromatic N) is 6. The molecule has 5 rings (SSSR count). The highest BCUT2D eigenvalue weighted by Gasteiger charge is 2.22. The van der Waals surface area contributed by atoms with E-state index in [1.165, 1.54) is 6.33 Å². The molecule has 8 nitrogen and oxygen atoms in total. The van der Waals surface area contributed by atoms with Gasteiger partial charge >= 0.3 is 0 Å². The van der Waals surface area contributed by atoms with E-state index < -0.39 is 0 Å². The lowest BCUT2D eigenvalue weighted by molar-refractivity contribution is 0.239.